The first-order valence-electron chi connectivity index (χ1n) is 6.00. The number of carbonyl (C=O) groups excluding carboxylic acids is 1. The van der Waals surface area contributed by atoms with Crippen LogP contribution in [0.4, 0.5) is 0 Å². The van der Waals surface area contributed by atoms with Crippen LogP contribution in [0, 0.1) is 5.92 Å². The second kappa shape index (κ2) is 5.71. The standard InChI is InChI=1S/C13H17BrN2O2/c1-18-12-5-4-9(6-10(12)14)13(17)16-11(7-15)8-2-3-8/h4-6,8,11H,2-3,7,15H2,1H3,(H,16,17). The first kappa shape index (κ1) is 13.4. The topological polar surface area (TPSA) is 64.3 Å². The Kier molecular flexibility index (Phi) is 4.24. The van der Waals surface area contributed by atoms with E-state index >= 15 is 0 Å². The summed E-state index contributed by atoms with van der Waals surface area (Å²) >= 11 is 3.37. The Morgan fingerprint density at radius 1 is 1.61 bits per heavy atom. The summed E-state index contributed by atoms with van der Waals surface area (Å²) in [5, 5.41) is 2.98. The van der Waals surface area contributed by atoms with Gasteiger partial charge in [-0.2, -0.15) is 0 Å². The number of benzene rings is 1. The van der Waals surface area contributed by atoms with Crippen molar-refractivity contribution in [3.63, 3.8) is 0 Å². The maximum absolute atomic E-state index is 12.1. The first-order chi connectivity index (χ1) is 8.65. The summed E-state index contributed by atoms with van der Waals surface area (Å²) in [7, 11) is 1.59. The van der Waals surface area contributed by atoms with Crippen LogP contribution in [0.25, 0.3) is 0 Å². The van der Waals surface area contributed by atoms with Crippen molar-refractivity contribution in [2.24, 2.45) is 11.7 Å². The smallest absolute Gasteiger partial charge is 0.251 e. The Balaban J connectivity index is 2.06. The molecule has 1 fully saturated rings. The summed E-state index contributed by atoms with van der Waals surface area (Å²) in [5.74, 6) is 1.19. The van der Waals surface area contributed by atoms with Gasteiger partial charge in [-0.3, -0.25) is 4.79 Å². The van der Waals surface area contributed by atoms with Crippen LogP contribution >= 0.6 is 15.9 Å². The highest BCUT2D eigenvalue weighted by Gasteiger charge is 2.31. The van der Waals surface area contributed by atoms with E-state index < -0.39 is 0 Å². The average molecular weight is 313 g/mol. The molecule has 4 nitrogen and oxygen atoms in total. The third kappa shape index (κ3) is 3.03. The maximum Gasteiger partial charge on any atom is 0.251 e. The first-order valence-corrected chi connectivity index (χ1v) is 6.79. The Morgan fingerprint density at radius 2 is 2.33 bits per heavy atom. The highest BCUT2D eigenvalue weighted by Crippen LogP contribution is 2.32. The van der Waals surface area contributed by atoms with E-state index in [-0.39, 0.29) is 11.9 Å². The van der Waals surface area contributed by atoms with Gasteiger partial charge in [0.15, 0.2) is 0 Å². The van der Waals surface area contributed by atoms with Crippen LogP contribution in [0.3, 0.4) is 0 Å². The van der Waals surface area contributed by atoms with Gasteiger partial charge in [-0.25, -0.2) is 0 Å². The molecule has 1 aliphatic carbocycles. The fraction of sp³-hybridized carbons (Fsp3) is 0.462. The molecule has 0 aromatic heterocycles. The van der Waals surface area contributed by atoms with Gasteiger partial charge in [-0.15, -0.1) is 0 Å². The SMILES string of the molecule is COc1ccc(C(=O)NC(CN)C2CC2)cc1Br. The number of nitrogens with two attached hydrogens (primary N) is 1. The molecule has 0 aliphatic heterocycles. The van der Waals surface area contributed by atoms with Crippen molar-refractivity contribution in [2.45, 2.75) is 18.9 Å². The molecule has 98 valence electrons. The summed E-state index contributed by atoms with van der Waals surface area (Å²) in [4.78, 5) is 12.1. The fourth-order valence-corrected chi connectivity index (χ4v) is 2.47. The Bertz CT molecular complexity index is 447. The highest BCUT2D eigenvalue weighted by atomic mass is 79.9. The highest BCUT2D eigenvalue weighted by molar-refractivity contribution is 9.10. The Labute approximate surface area is 115 Å². The molecular weight excluding hydrogens is 296 g/mol. The van der Waals surface area contributed by atoms with E-state index in [2.05, 4.69) is 21.2 Å². The summed E-state index contributed by atoms with van der Waals surface area (Å²) in [6, 6.07) is 5.38. The van der Waals surface area contributed by atoms with E-state index in [0.29, 0.717) is 23.8 Å². The molecule has 1 aromatic carbocycles. The number of halogens is 1. The van der Waals surface area contributed by atoms with Gasteiger partial charge in [0.1, 0.15) is 5.75 Å². The van der Waals surface area contributed by atoms with E-state index in [1.165, 1.54) is 0 Å². The third-order valence-corrected chi connectivity index (χ3v) is 3.80. The number of hydrogen-bond acceptors (Lipinski definition) is 3. The minimum atomic E-state index is -0.0827. The molecule has 0 radical (unpaired) electrons. The maximum atomic E-state index is 12.1. The van der Waals surface area contributed by atoms with Crippen LogP contribution in [0.15, 0.2) is 22.7 Å². The van der Waals surface area contributed by atoms with Crippen LogP contribution in [0.2, 0.25) is 0 Å². The van der Waals surface area contributed by atoms with Gasteiger partial charge < -0.3 is 15.8 Å². The zero-order valence-electron chi connectivity index (χ0n) is 10.3. The lowest BCUT2D eigenvalue weighted by Gasteiger charge is -2.16. The predicted octanol–water partition coefficient (Wildman–Crippen LogP) is 1.92. The number of hydrogen-bond donors (Lipinski definition) is 2. The van der Waals surface area contributed by atoms with Crippen LogP contribution in [-0.4, -0.2) is 25.6 Å². The van der Waals surface area contributed by atoms with Gasteiger partial charge >= 0.3 is 0 Å². The lowest BCUT2D eigenvalue weighted by atomic mass is 10.1. The van der Waals surface area contributed by atoms with Crippen molar-refractivity contribution in [3.05, 3.63) is 28.2 Å². The molecule has 0 heterocycles. The molecule has 5 heteroatoms. The number of carbonyl (C=O) groups is 1. The summed E-state index contributed by atoms with van der Waals surface area (Å²) < 4.78 is 5.90. The van der Waals surface area contributed by atoms with Crippen LogP contribution < -0.4 is 15.8 Å². The van der Waals surface area contributed by atoms with Gasteiger partial charge in [0.2, 0.25) is 0 Å². The number of ether oxygens (including phenoxy) is 1. The van der Waals surface area contributed by atoms with E-state index in [1.54, 1.807) is 25.3 Å². The molecule has 1 unspecified atom stereocenters. The second-order valence-corrected chi connectivity index (χ2v) is 5.36. The second-order valence-electron chi connectivity index (χ2n) is 4.50. The van der Waals surface area contributed by atoms with Crippen molar-refractivity contribution in [1.29, 1.82) is 0 Å². The van der Waals surface area contributed by atoms with Gasteiger partial charge in [0.05, 0.1) is 11.6 Å². The van der Waals surface area contributed by atoms with Crippen molar-refractivity contribution < 1.29 is 9.53 Å². The van der Waals surface area contributed by atoms with Gasteiger partial charge in [-0.1, -0.05) is 0 Å². The van der Waals surface area contributed by atoms with Crippen LogP contribution in [0.5, 0.6) is 5.75 Å². The molecule has 2 rings (SSSR count). The molecule has 1 amide bonds. The lowest BCUT2D eigenvalue weighted by molar-refractivity contribution is 0.0933. The average Bonchev–Trinajstić information content (AvgIpc) is 3.19. The molecule has 1 atom stereocenters. The number of amides is 1. The molecule has 0 bridgehead atoms. The van der Waals surface area contributed by atoms with Crippen LogP contribution in [0.1, 0.15) is 23.2 Å². The largest absolute Gasteiger partial charge is 0.496 e. The molecular formula is C13H17BrN2O2. The van der Waals surface area contributed by atoms with Crippen molar-refractivity contribution >= 4 is 21.8 Å². The van der Waals surface area contributed by atoms with Gasteiger partial charge in [0.25, 0.3) is 5.91 Å². The third-order valence-electron chi connectivity index (χ3n) is 3.18. The molecule has 0 spiro atoms. The normalized spacial score (nSPS) is 16.2. The molecule has 1 saturated carbocycles. The number of methoxy groups -OCH3 is 1. The summed E-state index contributed by atoms with van der Waals surface area (Å²) in [6.45, 7) is 0.494. The zero-order valence-corrected chi connectivity index (χ0v) is 11.9. The van der Waals surface area contributed by atoms with Crippen LogP contribution in [-0.2, 0) is 0 Å². The predicted molar refractivity (Wildman–Crippen MR) is 73.7 cm³/mol. The van der Waals surface area contributed by atoms with E-state index in [4.69, 9.17) is 10.5 Å². The van der Waals surface area contributed by atoms with Crippen molar-refractivity contribution in [1.82, 2.24) is 5.32 Å². The fourth-order valence-electron chi connectivity index (χ4n) is 1.93. The minimum absolute atomic E-state index is 0.0827. The Morgan fingerprint density at radius 3 is 2.83 bits per heavy atom. The lowest BCUT2D eigenvalue weighted by Crippen LogP contribution is -2.41. The minimum Gasteiger partial charge on any atom is -0.496 e. The quantitative estimate of drug-likeness (QED) is 0.873. The number of nitrogens with one attached hydrogen (secondary N) is 1. The number of rotatable bonds is 5. The van der Waals surface area contributed by atoms with E-state index in [1.807, 2.05) is 0 Å². The molecule has 0 saturated heterocycles. The van der Waals surface area contributed by atoms with E-state index in [0.717, 1.165) is 17.3 Å². The summed E-state index contributed by atoms with van der Waals surface area (Å²) in [6.07, 6.45) is 2.32. The monoisotopic (exact) mass is 312 g/mol. The zero-order chi connectivity index (χ0) is 13.1. The van der Waals surface area contributed by atoms with Crippen molar-refractivity contribution in [2.75, 3.05) is 13.7 Å². The Hall–Kier alpha value is -1.07. The van der Waals surface area contributed by atoms with E-state index in [9.17, 15) is 4.79 Å². The molecule has 18 heavy (non-hydrogen) atoms. The van der Waals surface area contributed by atoms with Gasteiger partial charge in [-0.05, 0) is 52.9 Å². The molecule has 1 aromatic rings. The molecule has 3 N–H and O–H groups in total. The van der Waals surface area contributed by atoms with Gasteiger partial charge in [0, 0.05) is 18.2 Å². The van der Waals surface area contributed by atoms with Crippen molar-refractivity contribution in [3.8, 4) is 5.75 Å². The molecule has 1 aliphatic rings. The summed E-state index contributed by atoms with van der Waals surface area (Å²) in [5.41, 5.74) is 6.28.